The Kier molecular flexibility index (Phi) is 6.55. The van der Waals surface area contributed by atoms with Crippen LogP contribution in [0.5, 0.6) is 0 Å². The van der Waals surface area contributed by atoms with E-state index in [9.17, 15) is 4.79 Å². The zero-order chi connectivity index (χ0) is 21.1. The number of halogens is 1. The molecule has 1 heterocycles. The molecule has 1 atom stereocenters. The van der Waals surface area contributed by atoms with E-state index in [0.717, 1.165) is 23.1 Å². The molecule has 7 heteroatoms. The van der Waals surface area contributed by atoms with Crippen LogP contribution < -0.4 is 10.6 Å². The first kappa shape index (κ1) is 21.3. The number of thiocarbonyl (C=S) groups is 1. The first-order valence-electron chi connectivity index (χ1n) is 9.60. The van der Waals surface area contributed by atoms with Crippen molar-refractivity contribution >= 4 is 51.6 Å². The number of nitrogens with zero attached hydrogens (tertiary/aromatic N) is 1. The number of carbonyl (C=O) groups excluding carboxylic acids is 1. The van der Waals surface area contributed by atoms with Gasteiger partial charge in [0.1, 0.15) is 5.52 Å². The molecule has 0 aliphatic heterocycles. The Labute approximate surface area is 180 Å². The Morgan fingerprint density at radius 1 is 1.21 bits per heavy atom. The number of hydrogen-bond acceptors (Lipinski definition) is 4. The van der Waals surface area contributed by atoms with Crippen LogP contribution >= 0.6 is 23.8 Å². The first-order chi connectivity index (χ1) is 13.8. The summed E-state index contributed by atoms with van der Waals surface area (Å²) in [5.41, 5.74) is 4.12. The van der Waals surface area contributed by atoms with Crippen molar-refractivity contribution in [3.8, 4) is 11.5 Å². The van der Waals surface area contributed by atoms with Gasteiger partial charge in [-0.1, -0.05) is 45.4 Å². The van der Waals surface area contributed by atoms with E-state index in [2.05, 4.69) is 41.6 Å². The van der Waals surface area contributed by atoms with Gasteiger partial charge in [0, 0.05) is 11.5 Å². The van der Waals surface area contributed by atoms with Gasteiger partial charge in [-0.25, -0.2) is 4.98 Å². The van der Waals surface area contributed by atoms with Crippen LogP contribution in [-0.2, 0) is 4.79 Å². The molecule has 152 valence electrons. The summed E-state index contributed by atoms with van der Waals surface area (Å²) >= 11 is 11.5. The van der Waals surface area contributed by atoms with Gasteiger partial charge in [-0.2, -0.15) is 0 Å². The number of amides is 1. The number of benzene rings is 2. The van der Waals surface area contributed by atoms with Crippen molar-refractivity contribution in [3.63, 3.8) is 0 Å². The molecule has 0 fully saturated rings. The molecule has 0 unspecified atom stereocenters. The van der Waals surface area contributed by atoms with Crippen LogP contribution in [0.25, 0.3) is 22.6 Å². The minimum absolute atomic E-state index is 0.161. The van der Waals surface area contributed by atoms with Gasteiger partial charge >= 0.3 is 0 Å². The number of hydrogen-bond donors (Lipinski definition) is 2. The second kappa shape index (κ2) is 8.93. The van der Waals surface area contributed by atoms with Crippen LogP contribution in [0.2, 0.25) is 5.02 Å². The van der Waals surface area contributed by atoms with Crippen molar-refractivity contribution in [1.29, 1.82) is 0 Å². The maximum Gasteiger partial charge on any atom is 0.228 e. The first-order valence-corrected chi connectivity index (χ1v) is 10.4. The van der Waals surface area contributed by atoms with Gasteiger partial charge in [0.2, 0.25) is 11.8 Å². The van der Waals surface area contributed by atoms with Crippen molar-refractivity contribution in [2.45, 2.75) is 40.0 Å². The number of fused-ring (bicyclic) bond motifs is 1. The number of aromatic nitrogens is 1. The van der Waals surface area contributed by atoms with E-state index in [1.807, 2.05) is 12.1 Å². The van der Waals surface area contributed by atoms with Crippen LogP contribution in [0.1, 0.15) is 45.6 Å². The highest BCUT2D eigenvalue weighted by Gasteiger charge is 2.14. The topological polar surface area (TPSA) is 67.2 Å². The molecule has 3 aromatic rings. The Hall–Kier alpha value is -2.44. The van der Waals surface area contributed by atoms with Crippen LogP contribution in [0.4, 0.5) is 5.69 Å². The third kappa shape index (κ3) is 4.95. The lowest BCUT2D eigenvalue weighted by atomic mass is 9.98. The van der Waals surface area contributed by atoms with E-state index < -0.39 is 0 Å². The number of rotatable bonds is 5. The standard InChI is InChI=1S/C22H24ClN3O2S/c1-5-13(4)14-7-9-19-18(10-14)24-21(28-19)15-6-8-16(23)17(11-15)25-22(29)26-20(27)12(2)3/h6-13H,5H2,1-4H3,(H2,25,26,27,29)/t13-/m1/s1. The van der Waals surface area contributed by atoms with E-state index in [0.29, 0.717) is 22.5 Å². The Morgan fingerprint density at radius 3 is 2.66 bits per heavy atom. The van der Waals surface area contributed by atoms with Gasteiger partial charge in [-0.15, -0.1) is 0 Å². The quantitative estimate of drug-likeness (QED) is 0.477. The summed E-state index contributed by atoms with van der Waals surface area (Å²) < 4.78 is 5.93. The molecule has 0 bridgehead atoms. The number of carbonyl (C=O) groups is 1. The largest absolute Gasteiger partial charge is 0.436 e. The molecule has 1 amide bonds. The summed E-state index contributed by atoms with van der Waals surface area (Å²) in [4.78, 5) is 16.5. The molecular formula is C22H24ClN3O2S. The predicted molar refractivity (Wildman–Crippen MR) is 122 cm³/mol. The van der Waals surface area contributed by atoms with E-state index in [4.69, 9.17) is 28.2 Å². The fraction of sp³-hybridized carbons (Fsp3) is 0.318. The van der Waals surface area contributed by atoms with E-state index in [1.54, 1.807) is 26.0 Å². The van der Waals surface area contributed by atoms with Crippen molar-refractivity contribution in [2.75, 3.05) is 5.32 Å². The van der Waals surface area contributed by atoms with Crippen LogP contribution in [0, 0.1) is 5.92 Å². The average molecular weight is 430 g/mol. The summed E-state index contributed by atoms with van der Waals surface area (Å²) in [6.45, 7) is 7.95. The summed E-state index contributed by atoms with van der Waals surface area (Å²) in [5.74, 6) is 0.633. The summed E-state index contributed by atoms with van der Waals surface area (Å²) in [5, 5.41) is 6.28. The van der Waals surface area contributed by atoms with E-state index in [1.165, 1.54) is 5.56 Å². The number of nitrogens with one attached hydrogen (secondary N) is 2. The Balaban J connectivity index is 1.87. The van der Waals surface area contributed by atoms with E-state index >= 15 is 0 Å². The molecule has 2 aromatic carbocycles. The Morgan fingerprint density at radius 2 is 1.97 bits per heavy atom. The zero-order valence-electron chi connectivity index (χ0n) is 16.9. The summed E-state index contributed by atoms with van der Waals surface area (Å²) in [6, 6.07) is 11.5. The molecule has 0 saturated heterocycles. The molecule has 0 spiro atoms. The zero-order valence-corrected chi connectivity index (χ0v) is 18.4. The normalized spacial score (nSPS) is 12.2. The fourth-order valence-corrected chi connectivity index (χ4v) is 3.15. The fourth-order valence-electron chi connectivity index (χ4n) is 2.77. The van der Waals surface area contributed by atoms with Crippen molar-refractivity contribution in [3.05, 3.63) is 47.0 Å². The third-order valence-corrected chi connectivity index (χ3v) is 5.35. The molecule has 1 aromatic heterocycles. The molecule has 0 aliphatic rings. The molecule has 3 rings (SSSR count). The number of oxazole rings is 1. The molecule has 2 N–H and O–H groups in total. The highest BCUT2D eigenvalue weighted by Crippen LogP contribution is 2.31. The van der Waals surface area contributed by atoms with Crippen LogP contribution in [0.15, 0.2) is 40.8 Å². The number of anilines is 1. The van der Waals surface area contributed by atoms with Gasteiger partial charge in [0.25, 0.3) is 0 Å². The second-order valence-corrected chi connectivity index (χ2v) is 8.16. The third-order valence-electron chi connectivity index (χ3n) is 4.82. The van der Waals surface area contributed by atoms with E-state index in [-0.39, 0.29) is 16.9 Å². The van der Waals surface area contributed by atoms with Crippen LogP contribution in [0.3, 0.4) is 0 Å². The lowest BCUT2D eigenvalue weighted by Gasteiger charge is -2.12. The Bertz CT molecular complexity index is 1060. The molecule has 29 heavy (non-hydrogen) atoms. The van der Waals surface area contributed by atoms with Gasteiger partial charge in [-0.05, 0) is 60.5 Å². The summed E-state index contributed by atoms with van der Waals surface area (Å²) in [6.07, 6.45) is 1.07. The average Bonchev–Trinajstić information content (AvgIpc) is 3.12. The van der Waals surface area contributed by atoms with Crippen LogP contribution in [-0.4, -0.2) is 16.0 Å². The summed E-state index contributed by atoms with van der Waals surface area (Å²) in [7, 11) is 0. The van der Waals surface area contributed by atoms with Gasteiger partial charge in [0.15, 0.2) is 10.7 Å². The smallest absolute Gasteiger partial charge is 0.228 e. The lowest BCUT2D eigenvalue weighted by molar-refractivity contribution is -0.122. The SMILES string of the molecule is CC[C@@H](C)c1ccc2oc(-c3ccc(Cl)c(NC(=S)NC(=O)C(C)C)c3)nc2c1. The maximum atomic E-state index is 11.8. The monoisotopic (exact) mass is 429 g/mol. The van der Waals surface area contributed by atoms with Crippen molar-refractivity contribution in [1.82, 2.24) is 10.3 Å². The van der Waals surface area contributed by atoms with Crippen molar-refractivity contribution < 1.29 is 9.21 Å². The highest BCUT2D eigenvalue weighted by atomic mass is 35.5. The predicted octanol–water partition coefficient (Wildman–Crippen LogP) is 6.13. The maximum absolute atomic E-state index is 11.8. The van der Waals surface area contributed by atoms with Crippen molar-refractivity contribution in [2.24, 2.45) is 5.92 Å². The molecular weight excluding hydrogens is 406 g/mol. The van der Waals surface area contributed by atoms with Gasteiger partial charge in [0.05, 0.1) is 10.7 Å². The minimum atomic E-state index is -0.170. The molecule has 0 aliphatic carbocycles. The lowest BCUT2D eigenvalue weighted by Crippen LogP contribution is -2.36. The highest BCUT2D eigenvalue weighted by molar-refractivity contribution is 7.80. The molecule has 5 nitrogen and oxygen atoms in total. The second-order valence-electron chi connectivity index (χ2n) is 7.35. The van der Waals surface area contributed by atoms with Gasteiger partial charge < -0.3 is 15.1 Å². The molecule has 0 radical (unpaired) electrons. The van der Waals surface area contributed by atoms with Gasteiger partial charge in [-0.3, -0.25) is 4.79 Å². The molecule has 0 saturated carbocycles. The minimum Gasteiger partial charge on any atom is -0.436 e.